The van der Waals surface area contributed by atoms with E-state index in [4.69, 9.17) is 16.9 Å². The number of nitrogens with zero attached hydrogens (tertiary/aromatic N) is 2. The third kappa shape index (κ3) is 6.82. The number of hydrogen-bond acceptors (Lipinski definition) is 3. The van der Waals surface area contributed by atoms with E-state index >= 15 is 0 Å². The SMILES string of the molecule is CN(C(=O)c1ccc(Cl)cc1)C1CCC(c2ccc(CNCCCCC#N)cc2)CC1. The molecule has 1 fully saturated rings. The summed E-state index contributed by atoms with van der Waals surface area (Å²) >= 11 is 5.94. The lowest BCUT2D eigenvalue weighted by Crippen LogP contribution is -2.39. The second-order valence-electron chi connectivity index (χ2n) is 8.46. The van der Waals surface area contributed by atoms with Gasteiger partial charge >= 0.3 is 0 Å². The van der Waals surface area contributed by atoms with Crippen LogP contribution >= 0.6 is 11.6 Å². The summed E-state index contributed by atoms with van der Waals surface area (Å²) < 4.78 is 0. The molecule has 0 saturated heterocycles. The summed E-state index contributed by atoms with van der Waals surface area (Å²) in [6.45, 7) is 1.83. The van der Waals surface area contributed by atoms with E-state index in [9.17, 15) is 4.79 Å². The van der Waals surface area contributed by atoms with Crippen molar-refractivity contribution in [2.45, 2.75) is 63.5 Å². The Hall–Kier alpha value is -2.35. The third-order valence-electron chi connectivity index (χ3n) is 6.33. The van der Waals surface area contributed by atoms with Gasteiger partial charge in [0, 0.05) is 36.6 Å². The zero-order chi connectivity index (χ0) is 22.1. The summed E-state index contributed by atoms with van der Waals surface area (Å²) in [7, 11) is 1.92. The minimum atomic E-state index is 0.0737. The average molecular weight is 438 g/mol. The zero-order valence-corrected chi connectivity index (χ0v) is 19.1. The number of nitrogens with one attached hydrogen (secondary N) is 1. The second-order valence-corrected chi connectivity index (χ2v) is 8.90. The van der Waals surface area contributed by atoms with Crippen LogP contribution < -0.4 is 5.32 Å². The molecule has 4 nitrogen and oxygen atoms in total. The van der Waals surface area contributed by atoms with Crippen molar-refractivity contribution in [2.24, 2.45) is 0 Å². The van der Waals surface area contributed by atoms with E-state index in [1.807, 2.05) is 11.9 Å². The monoisotopic (exact) mass is 437 g/mol. The highest BCUT2D eigenvalue weighted by Gasteiger charge is 2.27. The van der Waals surface area contributed by atoms with E-state index in [-0.39, 0.29) is 5.91 Å². The molecule has 5 heteroatoms. The molecule has 0 unspecified atom stereocenters. The smallest absolute Gasteiger partial charge is 0.253 e. The standard InChI is InChI=1S/C26H32ClN3O/c1-30(26(31)23-9-13-24(27)14-10-23)25-15-11-22(12-16-25)21-7-5-20(6-8-21)19-29-18-4-2-3-17-28/h5-10,13-14,22,25,29H,2-4,11-12,15-16,18-19H2,1H3. The first-order valence-electron chi connectivity index (χ1n) is 11.3. The maximum Gasteiger partial charge on any atom is 0.253 e. The number of amides is 1. The summed E-state index contributed by atoms with van der Waals surface area (Å²) in [4.78, 5) is 14.7. The Balaban J connectivity index is 1.44. The molecule has 0 atom stereocenters. The molecule has 1 saturated carbocycles. The number of nitriles is 1. The second kappa shape index (κ2) is 11.9. The first kappa shape index (κ1) is 23.3. The van der Waals surface area contributed by atoms with Gasteiger partial charge in [0.1, 0.15) is 0 Å². The first-order valence-corrected chi connectivity index (χ1v) is 11.7. The molecule has 0 heterocycles. The zero-order valence-electron chi connectivity index (χ0n) is 18.3. The molecule has 0 radical (unpaired) electrons. The van der Waals surface area contributed by atoms with Crippen LogP contribution in [0.2, 0.25) is 5.02 Å². The quantitative estimate of drug-likeness (QED) is 0.495. The number of halogens is 1. The number of rotatable bonds is 9. The molecule has 0 aromatic heterocycles. The van der Waals surface area contributed by atoms with E-state index in [1.165, 1.54) is 11.1 Å². The van der Waals surface area contributed by atoms with Crippen LogP contribution in [0.3, 0.4) is 0 Å². The topological polar surface area (TPSA) is 56.1 Å². The average Bonchev–Trinajstić information content (AvgIpc) is 2.81. The van der Waals surface area contributed by atoms with Crippen LogP contribution in [0.5, 0.6) is 0 Å². The molecule has 1 aliphatic carbocycles. The number of unbranched alkanes of at least 4 members (excludes halogenated alkanes) is 2. The molecule has 0 aliphatic heterocycles. The van der Waals surface area contributed by atoms with Crippen LogP contribution in [0.25, 0.3) is 0 Å². The van der Waals surface area contributed by atoms with Crippen LogP contribution in [-0.2, 0) is 6.54 Å². The number of carbonyl (C=O) groups excluding carboxylic acids is 1. The van der Waals surface area contributed by atoms with Gasteiger partial charge in [-0.2, -0.15) is 5.26 Å². The lowest BCUT2D eigenvalue weighted by Gasteiger charge is -2.35. The van der Waals surface area contributed by atoms with E-state index in [0.29, 0.717) is 29.0 Å². The molecule has 3 rings (SSSR count). The summed E-state index contributed by atoms with van der Waals surface area (Å²) in [6.07, 6.45) is 6.94. The van der Waals surface area contributed by atoms with Crippen LogP contribution in [0.1, 0.15) is 72.3 Å². The van der Waals surface area contributed by atoms with Crippen LogP contribution in [0, 0.1) is 11.3 Å². The fourth-order valence-electron chi connectivity index (χ4n) is 4.35. The Kier molecular flexibility index (Phi) is 8.94. The van der Waals surface area contributed by atoms with E-state index in [1.54, 1.807) is 24.3 Å². The van der Waals surface area contributed by atoms with Crippen molar-refractivity contribution >= 4 is 17.5 Å². The predicted molar refractivity (Wildman–Crippen MR) is 126 cm³/mol. The van der Waals surface area contributed by atoms with Gasteiger partial charge in [-0.3, -0.25) is 4.79 Å². The molecule has 0 spiro atoms. The third-order valence-corrected chi connectivity index (χ3v) is 6.58. The molecule has 2 aromatic carbocycles. The molecule has 1 aliphatic rings. The maximum atomic E-state index is 12.8. The van der Waals surface area contributed by atoms with Crippen molar-refractivity contribution in [1.82, 2.24) is 10.2 Å². The summed E-state index contributed by atoms with van der Waals surface area (Å²) in [5.41, 5.74) is 3.40. The lowest BCUT2D eigenvalue weighted by molar-refractivity contribution is 0.0689. The normalized spacial score (nSPS) is 18.4. The van der Waals surface area contributed by atoms with Gasteiger partial charge in [-0.1, -0.05) is 35.9 Å². The minimum Gasteiger partial charge on any atom is -0.339 e. The van der Waals surface area contributed by atoms with Crippen LogP contribution in [-0.4, -0.2) is 30.4 Å². The highest BCUT2D eigenvalue weighted by molar-refractivity contribution is 6.30. The first-order chi connectivity index (χ1) is 15.1. The Labute approximate surface area is 191 Å². The largest absolute Gasteiger partial charge is 0.339 e. The number of benzene rings is 2. The Morgan fingerprint density at radius 1 is 1.06 bits per heavy atom. The Morgan fingerprint density at radius 3 is 2.39 bits per heavy atom. The number of carbonyl (C=O) groups is 1. The van der Waals surface area contributed by atoms with Gasteiger partial charge in [0.15, 0.2) is 0 Å². The molecule has 164 valence electrons. The van der Waals surface area contributed by atoms with Crippen molar-refractivity contribution in [3.8, 4) is 6.07 Å². The van der Waals surface area contributed by atoms with Crippen molar-refractivity contribution in [2.75, 3.05) is 13.6 Å². The van der Waals surface area contributed by atoms with Crippen molar-refractivity contribution < 1.29 is 4.79 Å². The number of hydrogen-bond donors (Lipinski definition) is 1. The van der Waals surface area contributed by atoms with Gasteiger partial charge in [0.05, 0.1) is 6.07 Å². The summed E-state index contributed by atoms with van der Waals surface area (Å²) in [6, 6.07) is 18.6. The van der Waals surface area contributed by atoms with E-state index in [2.05, 4.69) is 35.7 Å². The van der Waals surface area contributed by atoms with Crippen molar-refractivity contribution in [1.29, 1.82) is 5.26 Å². The molecular formula is C26H32ClN3O. The van der Waals surface area contributed by atoms with Crippen molar-refractivity contribution in [3.05, 3.63) is 70.2 Å². The summed E-state index contributed by atoms with van der Waals surface area (Å²) in [5.74, 6) is 0.646. The van der Waals surface area contributed by atoms with Gasteiger partial charge in [-0.25, -0.2) is 0 Å². The molecule has 1 N–H and O–H groups in total. The predicted octanol–water partition coefficient (Wildman–Crippen LogP) is 5.92. The molecule has 2 aromatic rings. The Bertz CT molecular complexity index is 865. The summed E-state index contributed by atoms with van der Waals surface area (Å²) in [5, 5.41) is 12.7. The fourth-order valence-corrected chi connectivity index (χ4v) is 4.48. The van der Waals surface area contributed by atoms with E-state index < -0.39 is 0 Å². The molecule has 1 amide bonds. The molecular weight excluding hydrogens is 406 g/mol. The maximum absolute atomic E-state index is 12.8. The highest BCUT2D eigenvalue weighted by Crippen LogP contribution is 2.35. The molecule has 31 heavy (non-hydrogen) atoms. The van der Waals surface area contributed by atoms with Crippen LogP contribution in [0.15, 0.2) is 48.5 Å². The lowest BCUT2D eigenvalue weighted by atomic mass is 9.81. The van der Waals surface area contributed by atoms with Gasteiger partial charge in [-0.15, -0.1) is 0 Å². The molecule has 0 bridgehead atoms. The highest BCUT2D eigenvalue weighted by atomic mass is 35.5. The van der Waals surface area contributed by atoms with Gasteiger partial charge in [0.2, 0.25) is 0 Å². The van der Waals surface area contributed by atoms with Gasteiger partial charge < -0.3 is 10.2 Å². The van der Waals surface area contributed by atoms with Crippen LogP contribution in [0.4, 0.5) is 0 Å². The minimum absolute atomic E-state index is 0.0737. The van der Waals surface area contributed by atoms with Crippen molar-refractivity contribution in [3.63, 3.8) is 0 Å². The van der Waals surface area contributed by atoms with E-state index in [0.717, 1.165) is 51.6 Å². The Morgan fingerprint density at radius 2 is 1.74 bits per heavy atom. The van der Waals surface area contributed by atoms with Gasteiger partial charge in [0.25, 0.3) is 5.91 Å². The fraction of sp³-hybridized carbons (Fsp3) is 0.462. The van der Waals surface area contributed by atoms with Gasteiger partial charge in [-0.05, 0) is 86.4 Å².